The van der Waals surface area contributed by atoms with Crippen LogP contribution < -0.4 is 31.1 Å². The van der Waals surface area contributed by atoms with Gasteiger partial charge in [-0.1, -0.05) is 48.5 Å². The van der Waals surface area contributed by atoms with E-state index in [0.29, 0.717) is 13.1 Å². The standard InChI is InChI=1S/2C11H18N2O.2C2H4O2.2Zn/c2*1-13(2)8-7-12-9-10-5-3-4-6-11(10)14;2*1-2(3)4;;/h2*3-6,12,14H,7-9H2,1-2H3;2*1H3,(H,3,4);;/q;;;;2*+2/p-4. The Kier molecular flexibility index (Phi) is 31.9. The number of carbonyl (C=O) groups is 2. The van der Waals surface area contributed by atoms with E-state index < -0.39 is 11.9 Å². The molecule has 38 heavy (non-hydrogen) atoms. The molecule has 0 unspecified atom stereocenters. The summed E-state index contributed by atoms with van der Waals surface area (Å²) in [6.07, 6.45) is 0. The van der Waals surface area contributed by atoms with E-state index in [1.54, 1.807) is 24.3 Å². The molecule has 0 heterocycles. The van der Waals surface area contributed by atoms with E-state index >= 15 is 0 Å². The maximum absolute atomic E-state index is 11.3. The van der Waals surface area contributed by atoms with Crippen LogP contribution in [0.25, 0.3) is 0 Å². The molecule has 0 bridgehead atoms. The van der Waals surface area contributed by atoms with Crippen molar-refractivity contribution in [3.63, 3.8) is 0 Å². The van der Waals surface area contributed by atoms with Crippen molar-refractivity contribution in [3.8, 4) is 11.5 Å². The number of carboxylic acids is 2. The Morgan fingerprint density at radius 2 is 0.921 bits per heavy atom. The number of aliphatic carboxylic acids is 2. The second kappa shape index (κ2) is 28.1. The van der Waals surface area contributed by atoms with E-state index in [9.17, 15) is 10.2 Å². The summed E-state index contributed by atoms with van der Waals surface area (Å²) in [4.78, 5) is 22.0. The summed E-state index contributed by atoms with van der Waals surface area (Å²) in [7, 11) is 8.12. The van der Waals surface area contributed by atoms with Gasteiger partial charge in [0.2, 0.25) is 0 Å². The summed E-state index contributed by atoms with van der Waals surface area (Å²) in [6.45, 7) is 7.05. The SMILES string of the molecule is CC(=O)[O-].CC(=O)[O-].CN(C)CCNCc1ccccc1[O-].CN(C)CCNCc1ccccc1[O-].[Zn+2].[Zn+2]. The van der Waals surface area contributed by atoms with Crippen LogP contribution in [0, 0.1) is 0 Å². The van der Waals surface area contributed by atoms with Gasteiger partial charge in [-0.3, -0.25) is 0 Å². The number of nitrogens with zero attached hydrogens (tertiary/aromatic N) is 2. The Morgan fingerprint density at radius 3 is 1.16 bits per heavy atom. The molecule has 0 saturated carbocycles. The van der Waals surface area contributed by atoms with Crippen LogP contribution in [0.1, 0.15) is 25.0 Å². The minimum atomic E-state index is -1.08. The van der Waals surface area contributed by atoms with Crippen molar-refractivity contribution in [1.82, 2.24) is 20.4 Å². The summed E-state index contributed by atoms with van der Waals surface area (Å²) in [5, 5.41) is 46.8. The molecule has 2 N–H and O–H groups in total. The molecular weight excluding hydrogens is 595 g/mol. The second-order valence-corrected chi connectivity index (χ2v) is 8.16. The third-order valence-electron chi connectivity index (χ3n) is 4.05. The smallest absolute Gasteiger partial charge is 0.872 e. The number of likely N-dealkylation sites (N-methyl/N-ethyl adjacent to an activating group) is 2. The van der Waals surface area contributed by atoms with Gasteiger partial charge in [-0.25, -0.2) is 0 Å². The van der Waals surface area contributed by atoms with Crippen molar-refractivity contribution in [1.29, 1.82) is 0 Å². The van der Waals surface area contributed by atoms with Crippen molar-refractivity contribution >= 4 is 11.9 Å². The molecule has 0 aliphatic rings. The molecule has 0 aliphatic carbocycles. The fourth-order valence-corrected chi connectivity index (χ4v) is 2.35. The quantitative estimate of drug-likeness (QED) is 0.229. The zero-order valence-electron chi connectivity index (χ0n) is 23.6. The summed E-state index contributed by atoms with van der Waals surface area (Å²) in [5.41, 5.74) is 1.68. The first kappa shape index (κ1) is 43.1. The molecule has 0 aromatic heterocycles. The number of hydrogen-bond acceptors (Lipinski definition) is 10. The fourth-order valence-electron chi connectivity index (χ4n) is 2.35. The predicted molar refractivity (Wildman–Crippen MR) is 134 cm³/mol. The first-order valence-electron chi connectivity index (χ1n) is 11.4. The van der Waals surface area contributed by atoms with Crippen molar-refractivity contribution in [2.75, 3.05) is 54.4 Å². The monoisotopic (exact) mass is 632 g/mol. The van der Waals surface area contributed by atoms with Gasteiger partial charge in [-0.2, -0.15) is 0 Å². The Balaban J connectivity index is -0.000000228. The largest absolute Gasteiger partial charge is 2.00 e. The number of hydrogen-bond donors (Lipinski definition) is 2. The van der Waals surface area contributed by atoms with Crippen LogP contribution in [0.15, 0.2) is 48.5 Å². The van der Waals surface area contributed by atoms with Gasteiger partial charge >= 0.3 is 39.0 Å². The van der Waals surface area contributed by atoms with Gasteiger partial charge in [0, 0.05) is 51.2 Å². The maximum atomic E-state index is 11.3. The van der Waals surface area contributed by atoms with Crippen LogP contribution in [0.5, 0.6) is 11.5 Å². The first-order valence-corrected chi connectivity index (χ1v) is 11.4. The van der Waals surface area contributed by atoms with E-state index in [-0.39, 0.29) is 50.5 Å². The van der Waals surface area contributed by atoms with Crippen LogP contribution in [0.4, 0.5) is 0 Å². The number of rotatable bonds is 10. The average Bonchev–Trinajstić information content (AvgIpc) is 2.76. The third kappa shape index (κ3) is 32.1. The van der Waals surface area contributed by atoms with Crippen molar-refractivity contribution in [2.45, 2.75) is 26.9 Å². The van der Waals surface area contributed by atoms with Crippen molar-refractivity contribution in [3.05, 3.63) is 59.7 Å². The molecule has 0 aliphatic heterocycles. The van der Waals surface area contributed by atoms with Gasteiger partial charge < -0.3 is 50.4 Å². The number of benzene rings is 2. The fraction of sp³-hybridized carbons (Fsp3) is 0.462. The topological polar surface area (TPSA) is 157 Å². The van der Waals surface area contributed by atoms with Crippen LogP contribution in [-0.4, -0.2) is 76.1 Å². The Hall–Kier alpha value is -1.93. The van der Waals surface area contributed by atoms with Gasteiger partial charge in [0.1, 0.15) is 0 Å². The van der Waals surface area contributed by atoms with Gasteiger partial charge in [-0.05, 0) is 53.2 Å². The van der Waals surface area contributed by atoms with Crippen LogP contribution in [-0.2, 0) is 61.6 Å². The predicted octanol–water partition coefficient (Wildman–Crippen LogP) is -1.67. The van der Waals surface area contributed by atoms with Crippen LogP contribution >= 0.6 is 0 Å². The van der Waals surface area contributed by atoms with Crippen molar-refractivity contribution < 1.29 is 69.0 Å². The number of para-hydroxylation sites is 2. The molecule has 0 fully saturated rings. The molecule has 0 saturated heterocycles. The molecule has 2 rings (SSSR count). The molecule has 0 amide bonds. The zero-order valence-corrected chi connectivity index (χ0v) is 29.6. The second-order valence-electron chi connectivity index (χ2n) is 8.16. The Labute approximate surface area is 253 Å². The van der Waals surface area contributed by atoms with E-state index in [1.807, 2.05) is 52.5 Å². The molecule has 12 heteroatoms. The average molecular weight is 635 g/mol. The molecule has 2 aromatic rings. The van der Waals surface area contributed by atoms with Crippen molar-refractivity contribution in [2.24, 2.45) is 0 Å². The van der Waals surface area contributed by atoms with E-state index in [1.165, 1.54) is 0 Å². The number of nitrogens with one attached hydrogen (secondary N) is 2. The summed E-state index contributed by atoms with van der Waals surface area (Å²) < 4.78 is 0. The van der Waals surface area contributed by atoms with E-state index in [4.69, 9.17) is 19.8 Å². The summed E-state index contributed by atoms with van der Waals surface area (Å²) in [6, 6.07) is 14.3. The third-order valence-corrected chi connectivity index (χ3v) is 4.05. The first-order chi connectivity index (χ1) is 16.9. The molecule has 0 spiro atoms. The molecule has 2 aromatic carbocycles. The van der Waals surface area contributed by atoms with Gasteiger partial charge in [-0.15, -0.1) is 11.5 Å². The maximum Gasteiger partial charge on any atom is 2.00 e. The van der Waals surface area contributed by atoms with Crippen LogP contribution in [0.2, 0.25) is 0 Å². The minimum absolute atomic E-state index is 0. The minimum Gasteiger partial charge on any atom is -0.872 e. The summed E-state index contributed by atoms with van der Waals surface area (Å²) >= 11 is 0. The van der Waals surface area contributed by atoms with E-state index in [0.717, 1.165) is 51.2 Å². The van der Waals surface area contributed by atoms with Gasteiger partial charge in [0.25, 0.3) is 0 Å². The van der Waals surface area contributed by atoms with Gasteiger partial charge in [0.15, 0.2) is 0 Å². The molecule has 0 radical (unpaired) electrons. The molecule has 204 valence electrons. The summed E-state index contributed by atoms with van der Waals surface area (Å²) in [5.74, 6) is -1.94. The number of carbonyl (C=O) groups excluding carboxylic acids is 2. The Morgan fingerprint density at radius 1 is 0.658 bits per heavy atom. The van der Waals surface area contributed by atoms with Crippen LogP contribution in [0.3, 0.4) is 0 Å². The zero-order chi connectivity index (χ0) is 27.9. The van der Waals surface area contributed by atoms with Gasteiger partial charge in [0.05, 0.1) is 0 Å². The molecular formula is C26H40N4O6Zn2. The Bertz CT molecular complexity index is 780. The normalized spacial score (nSPS) is 9.26. The molecule has 10 nitrogen and oxygen atoms in total. The molecule has 0 atom stereocenters. The number of carboxylic acid groups (broad SMARTS) is 2. The van der Waals surface area contributed by atoms with E-state index in [2.05, 4.69) is 20.4 Å².